The molecule has 0 saturated carbocycles. The van der Waals surface area contributed by atoms with Gasteiger partial charge in [-0.3, -0.25) is 9.69 Å². The van der Waals surface area contributed by atoms with E-state index in [4.69, 9.17) is 26.7 Å². The molecule has 0 radical (unpaired) electrons. The second-order valence-corrected chi connectivity index (χ2v) is 6.95. The number of nitrogens with two attached hydrogens (primary N) is 1. The minimum atomic E-state index is -0.863. The predicted molar refractivity (Wildman–Crippen MR) is 111 cm³/mol. The fourth-order valence-corrected chi connectivity index (χ4v) is 3.63. The molecule has 1 aliphatic heterocycles. The van der Waals surface area contributed by atoms with Crippen LogP contribution in [0.15, 0.2) is 51.6 Å². The Labute approximate surface area is 182 Å². The van der Waals surface area contributed by atoms with Crippen LogP contribution in [0.4, 0.5) is 11.6 Å². The maximum Gasteiger partial charge on any atom is 0.336 e. The fraction of sp³-hybridized carbons (Fsp3) is 0.250. The van der Waals surface area contributed by atoms with Crippen molar-refractivity contribution < 1.29 is 19.0 Å². The van der Waals surface area contributed by atoms with Crippen molar-refractivity contribution in [3.05, 3.63) is 57.5 Å². The Morgan fingerprint density at radius 2 is 2.10 bits per heavy atom. The molecular formula is C20H19ClN6O4. The molecular weight excluding hydrogens is 424 g/mol. The zero-order chi connectivity index (χ0) is 22.7. The van der Waals surface area contributed by atoms with Crippen LogP contribution >= 0.6 is 11.6 Å². The summed E-state index contributed by atoms with van der Waals surface area (Å²) in [5.74, 6) is -1.95. The molecule has 160 valence electrons. The first kappa shape index (κ1) is 21.9. The van der Waals surface area contributed by atoms with E-state index < -0.39 is 17.8 Å². The van der Waals surface area contributed by atoms with Crippen LogP contribution in [-0.4, -0.2) is 28.8 Å². The number of nitriles is 1. The van der Waals surface area contributed by atoms with Crippen LogP contribution in [0.3, 0.4) is 0 Å². The summed E-state index contributed by atoms with van der Waals surface area (Å²) in [5, 5.41) is 20.3. The third-order valence-corrected chi connectivity index (χ3v) is 4.97. The number of benzene rings is 1. The van der Waals surface area contributed by atoms with E-state index in [1.807, 2.05) is 0 Å². The van der Waals surface area contributed by atoms with E-state index in [9.17, 15) is 14.9 Å². The number of nitrogens with one attached hydrogen (secondary N) is 1. The molecule has 0 spiro atoms. The SMILES string of the molecule is CCOC(=O)C1=C(C)N(c2nonc2NC(C)=O)C(N)=C(C#N)[C@H]1c1ccccc1Cl. The number of carbonyl (C=O) groups is 2. The number of hydrogen-bond donors (Lipinski definition) is 2. The highest BCUT2D eigenvalue weighted by molar-refractivity contribution is 6.31. The molecule has 3 rings (SSSR count). The van der Waals surface area contributed by atoms with Crippen LogP contribution in [0.5, 0.6) is 0 Å². The molecule has 0 unspecified atom stereocenters. The van der Waals surface area contributed by atoms with Crippen molar-refractivity contribution in [2.24, 2.45) is 5.73 Å². The summed E-state index contributed by atoms with van der Waals surface area (Å²) < 4.78 is 10.0. The lowest BCUT2D eigenvalue weighted by atomic mass is 9.81. The van der Waals surface area contributed by atoms with Crippen LogP contribution in [0.25, 0.3) is 0 Å². The summed E-state index contributed by atoms with van der Waals surface area (Å²) in [6, 6.07) is 8.92. The van der Waals surface area contributed by atoms with Crippen LogP contribution in [0, 0.1) is 11.3 Å². The number of rotatable bonds is 5. The number of anilines is 2. The molecule has 10 nitrogen and oxygen atoms in total. The summed E-state index contributed by atoms with van der Waals surface area (Å²) in [5.41, 5.74) is 7.41. The van der Waals surface area contributed by atoms with Gasteiger partial charge in [-0.05, 0) is 35.8 Å². The highest BCUT2D eigenvalue weighted by Gasteiger charge is 2.40. The Morgan fingerprint density at radius 1 is 1.39 bits per heavy atom. The molecule has 11 heteroatoms. The Bertz CT molecular complexity index is 1150. The van der Waals surface area contributed by atoms with Crippen LogP contribution in [0.1, 0.15) is 32.3 Å². The van der Waals surface area contributed by atoms with Gasteiger partial charge in [-0.1, -0.05) is 29.8 Å². The van der Waals surface area contributed by atoms with Crippen molar-refractivity contribution in [2.45, 2.75) is 26.7 Å². The van der Waals surface area contributed by atoms with Crippen molar-refractivity contribution in [3.63, 3.8) is 0 Å². The predicted octanol–water partition coefficient (Wildman–Crippen LogP) is 2.82. The topological polar surface area (TPSA) is 147 Å². The number of carbonyl (C=O) groups excluding carboxylic acids is 2. The summed E-state index contributed by atoms with van der Waals surface area (Å²) in [6.07, 6.45) is 0. The van der Waals surface area contributed by atoms with Crippen LogP contribution in [0.2, 0.25) is 5.02 Å². The molecule has 2 heterocycles. The molecule has 0 aliphatic carbocycles. The van der Waals surface area contributed by atoms with Crippen LogP contribution < -0.4 is 16.0 Å². The Hall–Kier alpha value is -3.84. The number of allylic oxidation sites excluding steroid dienone is 2. The standard InChI is InChI=1S/C20H19ClN6O4/c1-4-30-20(29)15-10(2)27(19-18(24-11(3)28)25-31-26-19)17(23)13(9-22)16(15)12-7-5-6-8-14(12)21/h5-8,16H,4,23H2,1-3H3,(H,24,25,28)/t16-/m1/s1. The van der Waals surface area contributed by atoms with Crippen molar-refractivity contribution in [1.29, 1.82) is 5.26 Å². The van der Waals surface area contributed by atoms with E-state index in [1.165, 1.54) is 11.8 Å². The number of aromatic nitrogens is 2. The second kappa shape index (κ2) is 8.89. The fourth-order valence-electron chi connectivity index (χ4n) is 3.39. The van der Waals surface area contributed by atoms with Gasteiger partial charge in [0.15, 0.2) is 0 Å². The smallest absolute Gasteiger partial charge is 0.336 e. The molecule has 31 heavy (non-hydrogen) atoms. The van der Waals surface area contributed by atoms with Gasteiger partial charge >= 0.3 is 5.97 Å². The first-order chi connectivity index (χ1) is 14.8. The van der Waals surface area contributed by atoms with E-state index in [-0.39, 0.29) is 35.2 Å². The Kier molecular flexibility index (Phi) is 6.27. The highest BCUT2D eigenvalue weighted by Crippen LogP contribution is 2.45. The number of hydrogen-bond acceptors (Lipinski definition) is 9. The zero-order valence-electron chi connectivity index (χ0n) is 17.0. The maximum atomic E-state index is 13.0. The molecule has 1 atom stereocenters. The quantitative estimate of drug-likeness (QED) is 0.666. The summed E-state index contributed by atoms with van der Waals surface area (Å²) in [4.78, 5) is 25.8. The minimum Gasteiger partial charge on any atom is -0.463 e. The Balaban J connectivity index is 2.29. The molecule has 1 aromatic carbocycles. The third-order valence-electron chi connectivity index (χ3n) is 4.63. The molecule has 1 amide bonds. The van der Waals surface area contributed by atoms with Gasteiger partial charge in [-0.2, -0.15) is 5.26 Å². The normalized spacial score (nSPS) is 16.2. The molecule has 2 aromatic rings. The lowest BCUT2D eigenvalue weighted by Crippen LogP contribution is -2.37. The van der Waals surface area contributed by atoms with E-state index in [0.717, 1.165) is 0 Å². The number of halogens is 1. The van der Waals surface area contributed by atoms with Crippen LogP contribution in [-0.2, 0) is 14.3 Å². The van der Waals surface area contributed by atoms with E-state index in [0.29, 0.717) is 16.3 Å². The van der Waals surface area contributed by atoms with Gasteiger partial charge in [0, 0.05) is 17.6 Å². The van der Waals surface area contributed by atoms with E-state index in [1.54, 1.807) is 38.1 Å². The van der Waals surface area contributed by atoms with Gasteiger partial charge in [0.1, 0.15) is 5.82 Å². The van der Waals surface area contributed by atoms with Crippen molar-refractivity contribution in [3.8, 4) is 6.07 Å². The molecule has 0 fully saturated rings. The third kappa shape index (κ3) is 3.95. The Morgan fingerprint density at radius 3 is 2.71 bits per heavy atom. The van der Waals surface area contributed by atoms with E-state index in [2.05, 4.69) is 21.7 Å². The van der Waals surface area contributed by atoms with Gasteiger partial charge in [0.05, 0.1) is 29.7 Å². The summed E-state index contributed by atoms with van der Waals surface area (Å²) >= 11 is 6.39. The number of ether oxygens (including phenoxy) is 1. The lowest BCUT2D eigenvalue weighted by molar-refractivity contribution is -0.138. The van der Waals surface area contributed by atoms with E-state index >= 15 is 0 Å². The summed E-state index contributed by atoms with van der Waals surface area (Å²) in [7, 11) is 0. The van der Waals surface area contributed by atoms with Gasteiger partial charge in [0.25, 0.3) is 0 Å². The van der Waals surface area contributed by atoms with Gasteiger partial charge in [-0.15, -0.1) is 0 Å². The minimum absolute atomic E-state index is 0.0114. The number of amides is 1. The first-order valence-corrected chi connectivity index (χ1v) is 9.61. The largest absolute Gasteiger partial charge is 0.463 e. The van der Waals surface area contributed by atoms with Crippen molar-refractivity contribution >= 4 is 35.1 Å². The maximum absolute atomic E-state index is 13.0. The van der Waals surface area contributed by atoms with Gasteiger partial charge in [0.2, 0.25) is 17.5 Å². The summed E-state index contributed by atoms with van der Waals surface area (Å²) in [6.45, 7) is 4.69. The lowest BCUT2D eigenvalue weighted by Gasteiger charge is -2.34. The molecule has 3 N–H and O–H groups in total. The molecule has 0 bridgehead atoms. The average molecular weight is 443 g/mol. The second-order valence-electron chi connectivity index (χ2n) is 6.54. The number of nitrogens with zero attached hydrogens (tertiary/aromatic N) is 4. The van der Waals surface area contributed by atoms with Crippen molar-refractivity contribution in [1.82, 2.24) is 10.3 Å². The average Bonchev–Trinajstić information content (AvgIpc) is 3.15. The van der Waals surface area contributed by atoms with Gasteiger partial charge in [-0.25, -0.2) is 9.42 Å². The first-order valence-electron chi connectivity index (χ1n) is 9.24. The molecule has 1 aromatic heterocycles. The zero-order valence-corrected chi connectivity index (χ0v) is 17.7. The number of esters is 1. The monoisotopic (exact) mass is 442 g/mol. The highest BCUT2D eigenvalue weighted by atomic mass is 35.5. The molecule has 1 aliphatic rings. The van der Waals surface area contributed by atoms with Crippen molar-refractivity contribution in [2.75, 3.05) is 16.8 Å². The van der Waals surface area contributed by atoms with Gasteiger partial charge < -0.3 is 15.8 Å². The molecule has 0 saturated heterocycles.